The molecule has 1 aromatic rings. The lowest BCUT2D eigenvalue weighted by molar-refractivity contribution is 0.373. The van der Waals surface area contributed by atoms with Crippen molar-refractivity contribution in [1.29, 1.82) is 0 Å². The third kappa shape index (κ3) is 2.20. The zero-order valence-electron chi connectivity index (χ0n) is 9.53. The molecular weight excluding hydrogens is 188 g/mol. The first-order chi connectivity index (χ1) is 7.18. The van der Waals surface area contributed by atoms with Crippen molar-refractivity contribution in [2.24, 2.45) is 5.73 Å². The third-order valence-corrected chi connectivity index (χ3v) is 3.21. The molecule has 1 fully saturated rings. The minimum atomic E-state index is 0.256. The summed E-state index contributed by atoms with van der Waals surface area (Å²) in [4.78, 5) is 4.54. The highest BCUT2D eigenvalue weighted by Crippen LogP contribution is 2.30. The van der Waals surface area contributed by atoms with Crippen LogP contribution in [0, 0.1) is 0 Å². The minimum Gasteiger partial charge on any atom is -0.327 e. The molecule has 2 unspecified atom stereocenters. The minimum absolute atomic E-state index is 0.256. The zero-order chi connectivity index (χ0) is 10.8. The van der Waals surface area contributed by atoms with Crippen LogP contribution in [-0.2, 0) is 0 Å². The summed E-state index contributed by atoms with van der Waals surface area (Å²) in [7, 11) is 0. The molecular formula is C11H20N4. The number of aromatic nitrogens is 3. The van der Waals surface area contributed by atoms with E-state index in [0.29, 0.717) is 11.8 Å². The van der Waals surface area contributed by atoms with Gasteiger partial charge >= 0.3 is 0 Å². The summed E-state index contributed by atoms with van der Waals surface area (Å²) in [5, 5.41) is 7.28. The largest absolute Gasteiger partial charge is 0.327 e. The van der Waals surface area contributed by atoms with Crippen molar-refractivity contribution in [3.05, 3.63) is 11.6 Å². The Balaban J connectivity index is 2.13. The zero-order valence-corrected chi connectivity index (χ0v) is 9.53. The number of nitrogens with two attached hydrogens (primary N) is 1. The fraction of sp³-hybridized carbons (Fsp3) is 0.818. The highest BCUT2D eigenvalue weighted by atomic mass is 15.2. The van der Waals surface area contributed by atoms with Gasteiger partial charge in [-0.15, -0.1) is 0 Å². The number of hydrogen-bond acceptors (Lipinski definition) is 3. The predicted octanol–water partition coefficient (Wildman–Crippen LogP) is 1.91. The Morgan fingerprint density at radius 2 is 2.07 bits per heavy atom. The second-order valence-electron chi connectivity index (χ2n) is 4.79. The molecule has 1 aromatic heterocycles. The van der Waals surface area contributed by atoms with Crippen LogP contribution in [0.25, 0.3) is 0 Å². The van der Waals surface area contributed by atoms with Crippen molar-refractivity contribution in [2.75, 3.05) is 0 Å². The maximum atomic E-state index is 6.11. The van der Waals surface area contributed by atoms with E-state index in [2.05, 4.69) is 29.0 Å². The molecule has 3 N–H and O–H groups in total. The van der Waals surface area contributed by atoms with Crippen molar-refractivity contribution < 1.29 is 0 Å². The number of aromatic amines is 1. The molecule has 2 rings (SSSR count). The Morgan fingerprint density at radius 1 is 1.33 bits per heavy atom. The SMILES string of the molecule is CC(C)c1n[nH]c(C2CCCCC2N)n1. The van der Waals surface area contributed by atoms with E-state index in [1.807, 2.05) is 0 Å². The van der Waals surface area contributed by atoms with Crippen molar-refractivity contribution in [2.45, 2.75) is 57.4 Å². The predicted molar refractivity (Wildman–Crippen MR) is 59.7 cm³/mol. The smallest absolute Gasteiger partial charge is 0.153 e. The molecule has 0 radical (unpaired) electrons. The molecule has 2 atom stereocenters. The lowest BCUT2D eigenvalue weighted by Gasteiger charge is -2.26. The van der Waals surface area contributed by atoms with Gasteiger partial charge in [-0.25, -0.2) is 4.98 Å². The second kappa shape index (κ2) is 4.31. The molecule has 0 saturated heterocycles. The average molecular weight is 208 g/mol. The van der Waals surface area contributed by atoms with Crippen molar-refractivity contribution in [1.82, 2.24) is 15.2 Å². The van der Waals surface area contributed by atoms with E-state index >= 15 is 0 Å². The molecule has 1 heterocycles. The summed E-state index contributed by atoms with van der Waals surface area (Å²) in [6.45, 7) is 4.21. The Hall–Kier alpha value is -0.900. The summed E-state index contributed by atoms with van der Waals surface area (Å²) in [6.07, 6.45) is 4.77. The fourth-order valence-corrected chi connectivity index (χ4v) is 2.21. The van der Waals surface area contributed by atoms with E-state index in [-0.39, 0.29) is 6.04 Å². The summed E-state index contributed by atoms with van der Waals surface area (Å²) in [6, 6.07) is 0.256. The molecule has 0 aliphatic heterocycles. The monoisotopic (exact) mass is 208 g/mol. The summed E-state index contributed by atoms with van der Waals surface area (Å²) in [5.41, 5.74) is 6.11. The van der Waals surface area contributed by atoms with Gasteiger partial charge in [0.25, 0.3) is 0 Å². The fourth-order valence-electron chi connectivity index (χ4n) is 2.21. The van der Waals surface area contributed by atoms with E-state index in [9.17, 15) is 0 Å². The van der Waals surface area contributed by atoms with Crippen LogP contribution in [0.15, 0.2) is 0 Å². The van der Waals surface area contributed by atoms with Gasteiger partial charge in [0, 0.05) is 17.9 Å². The third-order valence-electron chi connectivity index (χ3n) is 3.21. The van der Waals surface area contributed by atoms with Crippen molar-refractivity contribution in [3.63, 3.8) is 0 Å². The van der Waals surface area contributed by atoms with Gasteiger partial charge in [-0.3, -0.25) is 5.10 Å². The van der Waals surface area contributed by atoms with E-state index in [0.717, 1.165) is 24.5 Å². The topological polar surface area (TPSA) is 67.6 Å². The Labute approximate surface area is 90.7 Å². The van der Waals surface area contributed by atoms with Crippen LogP contribution >= 0.6 is 0 Å². The molecule has 0 spiro atoms. The molecule has 15 heavy (non-hydrogen) atoms. The molecule has 1 aliphatic rings. The number of nitrogens with one attached hydrogen (secondary N) is 1. The maximum Gasteiger partial charge on any atom is 0.153 e. The number of hydrogen-bond donors (Lipinski definition) is 2. The summed E-state index contributed by atoms with van der Waals surface area (Å²) in [5.74, 6) is 2.67. The van der Waals surface area contributed by atoms with E-state index in [4.69, 9.17) is 5.73 Å². The number of H-pyrrole nitrogens is 1. The van der Waals surface area contributed by atoms with Gasteiger partial charge in [-0.2, -0.15) is 5.10 Å². The lowest BCUT2D eigenvalue weighted by Crippen LogP contribution is -2.32. The Kier molecular flexibility index (Phi) is 3.05. The lowest BCUT2D eigenvalue weighted by atomic mass is 9.84. The summed E-state index contributed by atoms with van der Waals surface area (Å²) >= 11 is 0. The van der Waals surface area contributed by atoms with Crippen LogP contribution in [0.2, 0.25) is 0 Å². The van der Waals surface area contributed by atoms with Crippen LogP contribution in [0.3, 0.4) is 0 Å². The van der Waals surface area contributed by atoms with Gasteiger partial charge in [0.05, 0.1) is 0 Å². The van der Waals surface area contributed by atoms with Gasteiger partial charge in [-0.05, 0) is 12.8 Å². The van der Waals surface area contributed by atoms with Crippen LogP contribution < -0.4 is 5.73 Å². The second-order valence-corrected chi connectivity index (χ2v) is 4.79. The number of rotatable bonds is 2. The highest BCUT2D eigenvalue weighted by Gasteiger charge is 2.26. The van der Waals surface area contributed by atoms with Crippen LogP contribution in [-0.4, -0.2) is 21.2 Å². The van der Waals surface area contributed by atoms with Gasteiger partial charge in [0.2, 0.25) is 0 Å². The van der Waals surface area contributed by atoms with E-state index < -0.39 is 0 Å². The van der Waals surface area contributed by atoms with Gasteiger partial charge in [0.1, 0.15) is 5.82 Å². The molecule has 1 saturated carbocycles. The molecule has 4 nitrogen and oxygen atoms in total. The van der Waals surface area contributed by atoms with Crippen molar-refractivity contribution in [3.8, 4) is 0 Å². The maximum absolute atomic E-state index is 6.11. The van der Waals surface area contributed by atoms with E-state index in [1.165, 1.54) is 12.8 Å². The Morgan fingerprint density at radius 3 is 2.67 bits per heavy atom. The first-order valence-corrected chi connectivity index (χ1v) is 5.86. The first-order valence-electron chi connectivity index (χ1n) is 5.86. The van der Waals surface area contributed by atoms with E-state index in [1.54, 1.807) is 0 Å². The van der Waals surface area contributed by atoms with Crippen molar-refractivity contribution >= 4 is 0 Å². The molecule has 4 heteroatoms. The molecule has 1 aliphatic carbocycles. The molecule has 84 valence electrons. The summed E-state index contributed by atoms with van der Waals surface area (Å²) < 4.78 is 0. The van der Waals surface area contributed by atoms with Crippen LogP contribution in [0.1, 0.15) is 63.0 Å². The number of nitrogens with zero attached hydrogens (tertiary/aromatic N) is 2. The van der Waals surface area contributed by atoms with Crippen LogP contribution in [0.5, 0.6) is 0 Å². The van der Waals surface area contributed by atoms with Gasteiger partial charge in [0.15, 0.2) is 5.82 Å². The average Bonchev–Trinajstić information content (AvgIpc) is 2.67. The van der Waals surface area contributed by atoms with Crippen LogP contribution in [0.4, 0.5) is 0 Å². The quantitative estimate of drug-likeness (QED) is 0.780. The highest BCUT2D eigenvalue weighted by molar-refractivity contribution is 5.05. The Bertz CT molecular complexity index is 318. The molecule has 0 aromatic carbocycles. The van der Waals surface area contributed by atoms with Gasteiger partial charge < -0.3 is 5.73 Å². The molecule has 0 bridgehead atoms. The standard InChI is InChI=1S/C11H20N4/c1-7(2)10-13-11(15-14-10)8-5-3-4-6-9(8)12/h7-9H,3-6,12H2,1-2H3,(H,13,14,15). The van der Waals surface area contributed by atoms with Gasteiger partial charge in [-0.1, -0.05) is 26.7 Å². The normalized spacial score (nSPS) is 27.2. The molecule has 0 amide bonds. The first kappa shape index (κ1) is 10.6.